The molecule has 0 aromatic rings. The molecular weight excluding hydrogens is 179 g/mol. The SMILES string of the molecule is NP(N)(=O)NCCCNCCO. The van der Waals surface area contributed by atoms with Gasteiger partial charge in [-0.3, -0.25) is 15.6 Å². The van der Waals surface area contributed by atoms with Crippen LogP contribution in [0.15, 0.2) is 0 Å². The number of nitrogens with one attached hydrogen (secondary N) is 2. The molecule has 0 heterocycles. The molecular formula is C5H17N4O2P. The lowest BCUT2D eigenvalue weighted by molar-refractivity contribution is 0.292. The van der Waals surface area contributed by atoms with Gasteiger partial charge >= 0.3 is 0 Å². The number of hydrogen-bond donors (Lipinski definition) is 5. The molecule has 0 aliphatic rings. The van der Waals surface area contributed by atoms with Crippen molar-refractivity contribution in [3.63, 3.8) is 0 Å². The van der Waals surface area contributed by atoms with Gasteiger partial charge < -0.3 is 10.4 Å². The van der Waals surface area contributed by atoms with Gasteiger partial charge in [0.25, 0.3) is 7.59 Å². The van der Waals surface area contributed by atoms with E-state index in [0.29, 0.717) is 13.1 Å². The number of aliphatic hydroxyl groups is 1. The van der Waals surface area contributed by atoms with Gasteiger partial charge in [0.15, 0.2) is 0 Å². The van der Waals surface area contributed by atoms with E-state index in [-0.39, 0.29) is 6.61 Å². The second-order valence-corrected chi connectivity index (χ2v) is 4.18. The van der Waals surface area contributed by atoms with E-state index < -0.39 is 7.59 Å². The number of aliphatic hydroxyl groups excluding tert-OH is 1. The average molecular weight is 196 g/mol. The first kappa shape index (κ1) is 12.0. The van der Waals surface area contributed by atoms with Gasteiger partial charge in [-0.1, -0.05) is 0 Å². The minimum absolute atomic E-state index is 0.125. The van der Waals surface area contributed by atoms with Crippen molar-refractivity contribution in [2.24, 2.45) is 11.0 Å². The highest BCUT2D eigenvalue weighted by Crippen LogP contribution is 2.16. The van der Waals surface area contributed by atoms with Gasteiger partial charge in [-0.2, -0.15) is 0 Å². The summed E-state index contributed by atoms with van der Waals surface area (Å²) in [4.78, 5) is 0. The van der Waals surface area contributed by atoms with Crippen LogP contribution in [-0.2, 0) is 4.57 Å². The van der Waals surface area contributed by atoms with Gasteiger partial charge in [-0.25, -0.2) is 5.09 Å². The minimum atomic E-state index is -3.05. The summed E-state index contributed by atoms with van der Waals surface area (Å²) in [5.41, 5.74) is 10.1. The standard InChI is InChI=1S/C5H17N4O2P/c6-12(7,11)9-3-1-2-8-4-5-10/h8,10H,1-5H2,(H5,6,7,9,11). The lowest BCUT2D eigenvalue weighted by Crippen LogP contribution is -2.26. The summed E-state index contributed by atoms with van der Waals surface area (Å²) < 4.78 is 10.7. The quantitative estimate of drug-likeness (QED) is 0.252. The molecule has 0 aliphatic carbocycles. The van der Waals surface area contributed by atoms with E-state index in [9.17, 15) is 4.57 Å². The molecule has 0 rings (SSSR count). The molecule has 0 amide bonds. The Hall–Kier alpha value is 0.0300. The number of nitrogens with two attached hydrogens (primary N) is 2. The monoisotopic (exact) mass is 196 g/mol. The highest BCUT2D eigenvalue weighted by molar-refractivity contribution is 7.56. The number of hydrogen-bond acceptors (Lipinski definition) is 3. The van der Waals surface area contributed by atoms with E-state index in [1.54, 1.807) is 0 Å². The fraction of sp³-hybridized carbons (Fsp3) is 1.00. The molecule has 7 N–H and O–H groups in total. The predicted molar refractivity (Wildman–Crippen MR) is 48.6 cm³/mol. The van der Waals surface area contributed by atoms with Crippen molar-refractivity contribution < 1.29 is 9.67 Å². The van der Waals surface area contributed by atoms with E-state index in [1.165, 1.54) is 0 Å². The van der Waals surface area contributed by atoms with Gasteiger partial charge in [0.1, 0.15) is 0 Å². The van der Waals surface area contributed by atoms with Crippen molar-refractivity contribution in [1.82, 2.24) is 10.4 Å². The highest BCUT2D eigenvalue weighted by atomic mass is 31.2. The zero-order valence-electron chi connectivity index (χ0n) is 6.99. The van der Waals surface area contributed by atoms with Crippen LogP contribution in [0.5, 0.6) is 0 Å². The van der Waals surface area contributed by atoms with Crippen molar-refractivity contribution in [2.75, 3.05) is 26.2 Å². The first-order valence-electron chi connectivity index (χ1n) is 3.80. The average Bonchev–Trinajstić information content (AvgIpc) is 1.94. The zero-order chi connectivity index (χ0) is 9.45. The van der Waals surface area contributed by atoms with Crippen molar-refractivity contribution in [3.8, 4) is 0 Å². The summed E-state index contributed by atoms with van der Waals surface area (Å²) in [6.45, 7) is 1.96. The highest BCUT2D eigenvalue weighted by Gasteiger charge is 2.04. The molecule has 0 spiro atoms. The second-order valence-electron chi connectivity index (χ2n) is 2.44. The minimum Gasteiger partial charge on any atom is -0.395 e. The Morgan fingerprint density at radius 2 is 1.92 bits per heavy atom. The fourth-order valence-corrected chi connectivity index (χ4v) is 1.18. The van der Waals surface area contributed by atoms with E-state index in [0.717, 1.165) is 13.0 Å². The molecule has 0 aromatic carbocycles. The van der Waals surface area contributed by atoms with E-state index in [2.05, 4.69) is 10.4 Å². The summed E-state index contributed by atoms with van der Waals surface area (Å²) in [5.74, 6) is 0. The van der Waals surface area contributed by atoms with Gasteiger partial charge in [-0.15, -0.1) is 0 Å². The van der Waals surface area contributed by atoms with Crippen molar-refractivity contribution in [1.29, 1.82) is 0 Å². The summed E-state index contributed by atoms with van der Waals surface area (Å²) in [6.07, 6.45) is 0.776. The Labute approximate surface area is 72.2 Å². The Morgan fingerprint density at radius 3 is 2.42 bits per heavy atom. The van der Waals surface area contributed by atoms with Crippen LogP contribution in [0.1, 0.15) is 6.42 Å². The maximum absolute atomic E-state index is 10.7. The van der Waals surface area contributed by atoms with Crippen molar-refractivity contribution >= 4 is 7.59 Å². The van der Waals surface area contributed by atoms with E-state index in [4.69, 9.17) is 16.1 Å². The lowest BCUT2D eigenvalue weighted by atomic mass is 10.4. The largest absolute Gasteiger partial charge is 0.395 e. The maximum atomic E-state index is 10.7. The fourth-order valence-electron chi connectivity index (χ4n) is 0.671. The van der Waals surface area contributed by atoms with Gasteiger partial charge in [-0.05, 0) is 13.0 Å². The Morgan fingerprint density at radius 1 is 1.25 bits per heavy atom. The topological polar surface area (TPSA) is 113 Å². The molecule has 12 heavy (non-hydrogen) atoms. The molecule has 0 saturated carbocycles. The van der Waals surface area contributed by atoms with Crippen LogP contribution in [0.4, 0.5) is 0 Å². The molecule has 0 atom stereocenters. The van der Waals surface area contributed by atoms with Crippen LogP contribution in [0, 0.1) is 0 Å². The van der Waals surface area contributed by atoms with Crippen molar-refractivity contribution in [2.45, 2.75) is 6.42 Å². The molecule has 0 unspecified atom stereocenters. The molecule has 6 nitrogen and oxygen atoms in total. The second kappa shape index (κ2) is 6.54. The molecule has 0 aromatic heterocycles. The molecule has 0 fully saturated rings. The normalized spacial score (nSPS) is 11.9. The smallest absolute Gasteiger partial charge is 0.273 e. The van der Waals surface area contributed by atoms with Crippen LogP contribution >= 0.6 is 7.59 Å². The zero-order valence-corrected chi connectivity index (χ0v) is 7.89. The van der Waals surface area contributed by atoms with Crippen LogP contribution in [0.25, 0.3) is 0 Å². The van der Waals surface area contributed by atoms with Crippen LogP contribution in [-0.4, -0.2) is 31.3 Å². The van der Waals surface area contributed by atoms with Crippen LogP contribution in [0.3, 0.4) is 0 Å². The van der Waals surface area contributed by atoms with Crippen molar-refractivity contribution in [3.05, 3.63) is 0 Å². The number of rotatable bonds is 7. The Bertz CT molecular complexity index is 148. The Kier molecular flexibility index (Phi) is 6.55. The first-order chi connectivity index (χ1) is 5.56. The van der Waals surface area contributed by atoms with E-state index in [1.807, 2.05) is 0 Å². The lowest BCUT2D eigenvalue weighted by Gasteiger charge is -2.08. The van der Waals surface area contributed by atoms with Gasteiger partial charge in [0.2, 0.25) is 0 Å². The predicted octanol–water partition coefficient (Wildman–Crippen LogP) is -1.43. The third kappa shape index (κ3) is 10.0. The third-order valence-electron chi connectivity index (χ3n) is 1.18. The molecule has 7 heteroatoms. The van der Waals surface area contributed by atoms with Gasteiger partial charge in [0, 0.05) is 13.1 Å². The summed E-state index contributed by atoms with van der Waals surface area (Å²) in [5, 5.41) is 13.9. The maximum Gasteiger partial charge on any atom is 0.273 e. The van der Waals surface area contributed by atoms with Crippen LogP contribution in [0.2, 0.25) is 0 Å². The molecule has 0 aliphatic heterocycles. The molecule has 0 saturated heterocycles. The molecule has 0 radical (unpaired) electrons. The summed E-state index contributed by atoms with van der Waals surface area (Å²) >= 11 is 0. The van der Waals surface area contributed by atoms with Crippen LogP contribution < -0.4 is 21.4 Å². The first-order valence-corrected chi connectivity index (χ1v) is 5.64. The molecule has 0 bridgehead atoms. The summed E-state index contributed by atoms with van der Waals surface area (Å²) in [7, 11) is -3.05. The molecule has 74 valence electrons. The Balaban J connectivity index is 3.06. The third-order valence-corrected chi connectivity index (χ3v) is 1.90. The van der Waals surface area contributed by atoms with E-state index >= 15 is 0 Å². The van der Waals surface area contributed by atoms with Gasteiger partial charge in [0.05, 0.1) is 6.61 Å². The summed E-state index contributed by atoms with van der Waals surface area (Å²) in [6, 6.07) is 0.